The van der Waals surface area contributed by atoms with Crippen LogP contribution in [0.15, 0.2) is 53.3 Å². The lowest BCUT2D eigenvalue weighted by Crippen LogP contribution is -2.38. The maximum absolute atomic E-state index is 13.0. The van der Waals surface area contributed by atoms with E-state index in [4.69, 9.17) is 9.26 Å². The number of nitrogens with zero attached hydrogens (tertiary/aromatic N) is 4. The number of carbonyl (C=O) groups excluding carboxylic acids is 1. The molecule has 0 saturated carbocycles. The molecule has 1 atom stereocenters. The van der Waals surface area contributed by atoms with Crippen molar-refractivity contribution in [1.29, 1.82) is 0 Å². The molecule has 2 aromatic heterocycles. The number of amides is 1. The molecule has 7 heteroatoms. The number of carbonyl (C=O) groups is 1. The van der Waals surface area contributed by atoms with Gasteiger partial charge in [-0.25, -0.2) is 0 Å². The Balaban J connectivity index is 1.46. The highest BCUT2D eigenvalue weighted by atomic mass is 16.5. The summed E-state index contributed by atoms with van der Waals surface area (Å²) in [5.74, 6) is 1.95. The lowest BCUT2D eigenvalue weighted by atomic mass is 10.0. The first-order valence-corrected chi connectivity index (χ1v) is 9.91. The van der Waals surface area contributed by atoms with Gasteiger partial charge in [-0.1, -0.05) is 17.3 Å². The number of hydrogen-bond donors (Lipinski definition) is 0. The van der Waals surface area contributed by atoms with Crippen molar-refractivity contribution in [2.24, 2.45) is 0 Å². The topological polar surface area (TPSA) is 81.4 Å². The smallest absolute Gasteiger partial charge is 0.249 e. The van der Waals surface area contributed by atoms with Crippen molar-refractivity contribution in [3.63, 3.8) is 0 Å². The van der Waals surface area contributed by atoms with Crippen LogP contribution in [0.2, 0.25) is 0 Å². The third-order valence-corrected chi connectivity index (χ3v) is 5.25. The van der Waals surface area contributed by atoms with Crippen LogP contribution in [0, 0.1) is 0 Å². The summed E-state index contributed by atoms with van der Waals surface area (Å²) in [5, 5.41) is 4.10. The molecule has 1 aliphatic heterocycles. The highest BCUT2D eigenvalue weighted by Gasteiger charge is 2.32. The van der Waals surface area contributed by atoms with Crippen molar-refractivity contribution in [2.75, 3.05) is 13.7 Å². The van der Waals surface area contributed by atoms with Crippen LogP contribution in [0.1, 0.15) is 43.2 Å². The van der Waals surface area contributed by atoms with Crippen LogP contribution >= 0.6 is 0 Å². The van der Waals surface area contributed by atoms with E-state index in [1.807, 2.05) is 41.3 Å². The third-order valence-electron chi connectivity index (χ3n) is 5.25. The Bertz CT molecular complexity index is 957. The molecule has 3 aromatic rings. The fraction of sp³-hybridized carbons (Fsp3) is 0.364. The fourth-order valence-corrected chi connectivity index (χ4v) is 3.70. The van der Waals surface area contributed by atoms with Gasteiger partial charge in [-0.15, -0.1) is 0 Å². The lowest BCUT2D eigenvalue weighted by molar-refractivity contribution is -0.135. The molecule has 0 radical (unpaired) electrons. The molecule has 1 saturated heterocycles. The molecule has 0 spiro atoms. The van der Waals surface area contributed by atoms with E-state index >= 15 is 0 Å². The number of likely N-dealkylation sites (tertiary alicyclic amines) is 1. The Labute approximate surface area is 169 Å². The van der Waals surface area contributed by atoms with Gasteiger partial charge in [0.25, 0.3) is 0 Å². The van der Waals surface area contributed by atoms with Crippen molar-refractivity contribution >= 4 is 5.91 Å². The molecule has 4 rings (SSSR count). The monoisotopic (exact) mass is 392 g/mol. The van der Waals surface area contributed by atoms with Crippen molar-refractivity contribution < 1.29 is 14.1 Å². The Morgan fingerprint density at radius 2 is 2.10 bits per heavy atom. The van der Waals surface area contributed by atoms with Crippen LogP contribution in [0.5, 0.6) is 5.75 Å². The van der Waals surface area contributed by atoms with Gasteiger partial charge in [-0.05, 0) is 55.5 Å². The van der Waals surface area contributed by atoms with Gasteiger partial charge in [0.1, 0.15) is 11.8 Å². The van der Waals surface area contributed by atoms with Crippen molar-refractivity contribution in [3.05, 3.63) is 60.2 Å². The molecule has 3 heterocycles. The number of hydrogen-bond acceptors (Lipinski definition) is 6. The summed E-state index contributed by atoms with van der Waals surface area (Å²) in [6.07, 6.45) is 7.37. The van der Waals surface area contributed by atoms with E-state index in [0.717, 1.165) is 36.1 Å². The van der Waals surface area contributed by atoms with Crippen LogP contribution in [0.4, 0.5) is 0 Å². The number of methoxy groups -OCH3 is 1. The third kappa shape index (κ3) is 4.45. The first kappa shape index (κ1) is 19.1. The summed E-state index contributed by atoms with van der Waals surface area (Å²) in [7, 11) is 1.65. The fourth-order valence-electron chi connectivity index (χ4n) is 3.70. The first-order valence-electron chi connectivity index (χ1n) is 9.91. The Hall–Kier alpha value is -3.22. The highest BCUT2D eigenvalue weighted by Crippen LogP contribution is 2.31. The zero-order chi connectivity index (χ0) is 20.1. The first-order chi connectivity index (χ1) is 14.2. The van der Waals surface area contributed by atoms with Crippen molar-refractivity contribution in [1.82, 2.24) is 20.0 Å². The predicted octanol–water partition coefficient (Wildman–Crippen LogP) is 3.83. The van der Waals surface area contributed by atoms with Crippen LogP contribution < -0.4 is 4.74 Å². The average molecular weight is 392 g/mol. The van der Waals surface area contributed by atoms with Gasteiger partial charge < -0.3 is 14.2 Å². The van der Waals surface area contributed by atoms with E-state index < -0.39 is 0 Å². The number of aryl methyl sites for hydroxylation is 1. The largest absolute Gasteiger partial charge is 0.497 e. The van der Waals surface area contributed by atoms with Crippen LogP contribution in [0.25, 0.3) is 11.4 Å². The molecule has 0 N–H and O–H groups in total. The van der Waals surface area contributed by atoms with Crippen LogP contribution in [0.3, 0.4) is 0 Å². The normalized spacial score (nSPS) is 16.6. The molecule has 1 amide bonds. The Morgan fingerprint density at radius 1 is 1.24 bits per heavy atom. The summed E-state index contributed by atoms with van der Waals surface area (Å²) in [5.41, 5.74) is 1.94. The Kier molecular flexibility index (Phi) is 5.84. The van der Waals surface area contributed by atoms with Gasteiger partial charge in [0.15, 0.2) is 0 Å². The molecular formula is C22H24N4O3. The van der Waals surface area contributed by atoms with Gasteiger partial charge in [0.05, 0.1) is 7.11 Å². The minimum Gasteiger partial charge on any atom is -0.497 e. The van der Waals surface area contributed by atoms with Crippen molar-refractivity contribution in [3.8, 4) is 17.1 Å². The maximum Gasteiger partial charge on any atom is 0.249 e. The number of piperidine rings is 1. The maximum atomic E-state index is 13.0. The van der Waals surface area contributed by atoms with Gasteiger partial charge in [-0.2, -0.15) is 4.98 Å². The second-order valence-electron chi connectivity index (χ2n) is 7.14. The van der Waals surface area contributed by atoms with E-state index in [2.05, 4.69) is 15.1 Å². The van der Waals surface area contributed by atoms with Gasteiger partial charge in [0, 0.05) is 30.9 Å². The van der Waals surface area contributed by atoms with E-state index in [9.17, 15) is 4.79 Å². The molecule has 1 aromatic carbocycles. The second kappa shape index (κ2) is 8.86. The molecule has 1 aliphatic rings. The molecule has 0 aliphatic carbocycles. The van der Waals surface area contributed by atoms with Gasteiger partial charge in [0.2, 0.25) is 17.6 Å². The number of ether oxygens (including phenoxy) is 1. The molecule has 7 nitrogen and oxygen atoms in total. The summed E-state index contributed by atoms with van der Waals surface area (Å²) < 4.78 is 10.8. The standard InChI is InChI=1S/C22H24N4O3/c1-28-18-6-4-5-16(15-18)8-9-20(27)26-14-3-2-7-19(26)22-24-21(25-29-22)17-10-12-23-13-11-17/h4-6,10-13,15,19H,2-3,7-9,14H2,1H3. The zero-order valence-corrected chi connectivity index (χ0v) is 16.5. The highest BCUT2D eigenvalue weighted by molar-refractivity contribution is 5.77. The minimum absolute atomic E-state index is 0.112. The minimum atomic E-state index is -0.162. The second-order valence-corrected chi connectivity index (χ2v) is 7.14. The Morgan fingerprint density at radius 3 is 2.93 bits per heavy atom. The van der Waals surface area contributed by atoms with Gasteiger partial charge in [-0.3, -0.25) is 9.78 Å². The quantitative estimate of drug-likeness (QED) is 0.634. The number of rotatable bonds is 6. The van der Waals surface area contributed by atoms with Gasteiger partial charge >= 0.3 is 0 Å². The number of aromatic nitrogens is 3. The zero-order valence-electron chi connectivity index (χ0n) is 16.5. The molecule has 1 unspecified atom stereocenters. The summed E-state index contributed by atoms with van der Waals surface area (Å²) in [6, 6.07) is 11.4. The SMILES string of the molecule is COc1cccc(CCC(=O)N2CCCCC2c2nc(-c3ccncc3)no2)c1. The summed E-state index contributed by atoms with van der Waals surface area (Å²) in [4.78, 5) is 23.5. The van der Waals surface area contributed by atoms with E-state index in [1.54, 1.807) is 19.5 Å². The van der Waals surface area contributed by atoms with Crippen molar-refractivity contribution in [2.45, 2.75) is 38.1 Å². The molecule has 1 fully saturated rings. The van der Waals surface area contributed by atoms with Crippen LogP contribution in [-0.2, 0) is 11.2 Å². The summed E-state index contributed by atoms with van der Waals surface area (Å²) >= 11 is 0. The lowest BCUT2D eigenvalue weighted by Gasteiger charge is -2.33. The summed E-state index contributed by atoms with van der Waals surface area (Å²) in [6.45, 7) is 0.717. The average Bonchev–Trinajstić information content (AvgIpc) is 3.28. The molecule has 150 valence electrons. The predicted molar refractivity (Wildman–Crippen MR) is 107 cm³/mol. The molecule has 0 bridgehead atoms. The molecular weight excluding hydrogens is 368 g/mol. The van der Waals surface area contributed by atoms with E-state index in [-0.39, 0.29) is 11.9 Å². The van der Waals surface area contributed by atoms with E-state index in [1.165, 1.54) is 0 Å². The van der Waals surface area contributed by atoms with E-state index in [0.29, 0.717) is 31.1 Å². The van der Waals surface area contributed by atoms with Crippen LogP contribution in [-0.4, -0.2) is 39.6 Å². The number of benzene rings is 1. The number of pyridine rings is 1. The molecule has 29 heavy (non-hydrogen) atoms.